The molecule has 0 saturated carbocycles. The van der Waals surface area contributed by atoms with Gasteiger partial charge in [0, 0.05) is 36.3 Å². The first-order valence-electron chi connectivity index (χ1n) is 13.1. The fraction of sp³-hybridized carbons (Fsp3) is 0.212. The molecule has 1 amide bonds. The van der Waals surface area contributed by atoms with Crippen molar-refractivity contribution < 1.29 is 19.1 Å². The fourth-order valence-electron chi connectivity index (χ4n) is 4.30. The van der Waals surface area contributed by atoms with E-state index in [2.05, 4.69) is 18.7 Å². The van der Waals surface area contributed by atoms with E-state index in [0.29, 0.717) is 24.5 Å². The van der Waals surface area contributed by atoms with Crippen LogP contribution in [0.4, 0.5) is 0 Å². The number of esters is 1. The van der Waals surface area contributed by atoms with Crippen LogP contribution in [0.2, 0.25) is 0 Å². The number of nitrogens with zero attached hydrogens (tertiary/aromatic N) is 2. The van der Waals surface area contributed by atoms with Crippen LogP contribution in [0.1, 0.15) is 23.6 Å². The lowest BCUT2D eigenvalue weighted by atomic mass is 10.1. The number of ether oxygens (including phenoxy) is 2. The molecule has 6 nitrogen and oxygen atoms in total. The van der Waals surface area contributed by atoms with Gasteiger partial charge in [0.15, 0.2) is 0 Å². The number of hydrogen-bond donors (Lipinski definition) is 0. The van der Waals surface area contributed by atoms with Crippen LogP contribution in [0.25, 0.3) is 17.0 Å². The van der Waals surface area contributed by atoms with E-state index < -0.39 is 5.97 Å². The van der Waals surface area contributed by atoms with Crippen molar-refractivity contribution in [1.29, 1.82) is 0 Å². The maximum absolute atomic E-state index is 13.2. The number of rotatable bonds is 12. The van der Waals surface area contributed by atoms with E-state index in [9.17, 15) is 9.59 Å². The Kier molecular flexibility index (Phi) is 9.35. The van der Waals surface area contributed by atoms with Gasteiger partial charge < -0.3 is 18.9 Å². The first-order valence-corrected chi connectivity index (χ1v) is 13.1. The number of aromatic nitrogens is 1. The standard InChI is InChI=1S/C33H34N2O4/c1-4-27(33(37)38-5-2)20-28-22-35(23-32(36)34(3)19-18-25-12-8-6-9-13-25)31-17-16-29(21-30(28)31)39-24-26-14-10-7-11-15-26/h4,6-17,20-22H,1,5,18-19,23-24H2,2-3H3/b27-20+. The topological polar surface area (TPSA) is 60.8 Å². The molecule has 0 saturated heterocycles. The molecule has 200 valence electrons. The molecule has 0 aliphatic heterocycles. The number of hydrogen-bond acceptors (Lipinski definition) is 4. The summed E-state index contributed by atoms with van der Waals surface area (Å²) in [6, 6.07) is 25.9. The second-order valence-corrected chi connectivity index (χ2v) is 9.24. The van der Waals surface area contributed by atoms with Gasteiger partial charge in [-0.25, -0.2) is 4.79 Å². The van der Waals surface area contributed by atoms with Crippen LogP contribution in [0.3, 0.4) is 0 Å². The Morgan fingerprint density at radius 1 is 0.974 bits per heavy atom. The molecular weight excluding hydrogens is 488 g/mol. The van der Waals surface area contributed by atoms with E-state index in [1.165, 1.54) is 11.6 Å². The monoisotopic (exact) mass is 522 g/mol. The SMILES string of the molecule is C=C/C(=C\c1cn(CC(=O)N(C)CCc2ccccc2)c2ccc(OCc3ccccc3)cc12)C(=O)OCC. The first kappa shape index (κ1) is 27.5. The van der Waals surface area contributed by atoms with Crippen molar-refractivity contribution in [2.45, 2.75) is 26.5 Å². The van der Waals surface area contributed by atoms with Crippen molar-refractivity contribution in [2.24, 2.45) is 0 Å². The summed E-state index contributed by atoms with van der Waals surface area (Å²) in [5, 5.41) is 0.865. The normalized spacial score (nSPS) is 11.3. The van der Waals surface area contributed by atoms with Crippen LogP contribution in [0.5, 0.6) is 5.75 Å². The molecule has 39 heavy (non-hydrogen) atoms. The quantitative estimate of drug-likeness (QED) is 0.129. The average Bonchev–Trinajstić information content (AvgIpc) is 3.30. The average molecular weight is 523 g/mol. The van der Waals surface area contributed by atoms with Crippen molar-refractivity contribution in [3.63, 3.8) is 0 Å². The highest BCUT2D eigenvalue weighted by Gasteiger charge is 2.16. The number of benzene rings is 3. The minimum Gasteiger partial charge on any atom is -0.489 e. The van der Waals surface area contributed by atoms with Crippen LogP contribution in [-0.2, 0) is 33.9 Å². The Morgan fingerprint density at radius 3 is 2.33 bits per heavy atom. The zero-order valence-corrected chi connectivity index (χ0v) is 22.5. The molecule has 0 radical (unpaired) electrons. The first-order chi connectivity index (χ1) is 19.0. The molecule has 0 spiro atoms. The van der Waals surface area contributed by atoms with Gasteiger partial charge in [0.2, 0.25) is 5.91 Å². The molecule has 0 bridgehead atoms. The number of likely N-dealkylation sites (N-methyl/N-ethyl adjacent to an activating group) is 1. The summed E-state index contributed by atoms with van der Waals surface area (Å²) in [7, 11) is 1.82. The van der Waals surface area contributed by atoms with Crippen molar-refractivity contribution in [1.82, 2.24) is 9.47 Å². The fourth-order valence-corrected chi connectivity index (χ4v) is 4.30. The molecule has 0 fully saturated rings. The van der Waals surface area contributed by atoms with E-state index in [-0.39, 0.29) is 19.1 Å². The lowest BCUT2D eigenvalue weighted by molar-refractivity contribution is -0.138. The third-order valence-corrected chi connectivity index (χ3v) is 6.48. The second kappa shape index (κ2) is 13.3. The predicted molar refractivity (Wildman–Crippen MR) is 155 cm³/mol. The van der Waals surface area contributed by atoms with Gasteiger partial charge in [0.25, 0.3) is 0 Å². The molecule has 4 rings (SSSR count). The zero-order valence-electron chi connectivity index (χ0n) is 22.5. The molecule has 6 heteroatoms. The van der Waals surface area contributed by atoms with E-state index >= 15 is 0 Å². The second-order valence-electron chi connectivity index (χ2n) is 9.24. The van der Waals surface area contributed by atoms with Gasteiger partial charge in [-0.3, -0.25) is 4.79 Å². The molecule has 0 N–H and O–H groups in total. The summed E-state index contributed by atoms with van der Waals surface area (Å²) in [6.45, 7) is 7.04. The molecule has 0 atom stereocenters. The molecule has 0 unspecified atom stereocenters. The number of carbonyl (C=O) groups excluding carboxylic acids is 2. The van der Waals surface area contributed by atoms with Crippen molar-refractivity contribution in [3.05, 3.63) is 120 Å². The number of carbonyl (C=O) groups is 2. The van der Waals surface area contributed by atoms with Crippen LogP contribution in [0, 0.1) is 0 Å². The molecule has 1 heterocycles. The van der Waals surface area contributed by atoms with Crippen LogP contribution >= 0.6 is 0 Å². The largest absolute Gasteiger partial charge is 0.489 e. The molecule has 0 aliphatic carbocycles. The molecule has 4 aromatic rings. The Bertz CT molecular complexity index is 1460. The maximum atomic E-state index is 13.2. The molecule has 1 aromatic heterocycles. The van der Waals surface area contributed by atoms with Crippen molar-refractivity contribution >= 4 is 28.9 Å². The summed E-state index contributed by atoms with van der Waals surface area (Å²) in [4.78, 5) is 27.4. The van der Waals surface area contributed by atoms with Gasteiger partial charge in [-0.2, -0.15) is 0 Å². The highest BCUT2D eigenvalue weighted by Crippen LogP contribution is 2.29. The lowest BCUT2D eigenvalue weighted by Crippen LogP contribution is -2.31. The summed E-state index contributed by atoms with van der Waals surface area (Å²) in [5.41, 5.74) is 4.24. The van der Waals surface area contributed by atoms with Gasteiger partial charge in [-0.05, 0) is 48.7 Å². The smallest absolute Gasteiger partial charge is 0.338 e. The van der Waals surface area contributed by atoms with Gasteiger partial charge in [0.05, 0.1) is 12.2 Å². The molecular formula is C33H34N2O4. The summed E-state index contributed by atoms with van der Waals surface area (Å²) in [5.74, 6) is 0.250. The third kappa shape index (κ3) is 7.26. The summed E-state index contributed by atoms with van der Waals surface area (Å²) >= 11 is 0. The maximum Gasteiger partial charge on any atom is 0.338 e. The minimum absolute atomic E-state index is 0.00268. The van der Waals surface area contributed by atoms with Gasteiger partial charge in [-0.1, -0.05) is 73.3 Å². The van der Waals surface area contributed by atoms with Gasteiger partial charge >= 0.3 is 5.97 Å². The Morgan fingerprint density at radius 2 is 1.67 bits per heavy atom. The predicted octanol–water partition coefficient (Wildman–Crippen LogP) is 6.05. The van der Waals surface area contributed by atoms with Gasteiger partial charge in [-0.15, -0.1) is 0 Å². The lowest BCUT2D eigenvalue weighted by Gasteiger charge is -2.18. The van der Waals surface area contributed by atoms with Crippen molar-refractivity contribution in [2.75, 3.05) is 20.2 Å². The van der Waals surface area contributed by atoms with E-state index in [0.717, 1.165) is 28.5 Å². The number of amides is 1. The summed E-state index contributed by atoms with van der Waals surface area (Å²) in [6.07, 6.45) is 5.90. The van der Waals surface area contributed by atoms with E-state index in [1.807, 2.05) is 84.5 Å². The highest BCUT2D eigenvalue weighted by atomic mass is 16.5. The van der Waals surface area contributed by atoms with Crippen LogP contribution in [-0.4, -0.2) is 41.5 Å². The zero-order chi connectivity index (χ0) is 27.6. The Hall–Kier alpha value is -4.58. The highest BCUT2D eigenvalue weighted by molar-refractivity contribution is 6.00. The van der Waals surface area contributed by atoms with E-state index in [1.54, 1.807) is 17.9 Å². The van der Waals surface area contributed by atoms with Crippen molar-refractivity contribution in [3.8, 4) is 5.75 Å². The van der Waals surface area contributed by atoms with Crippen LogP contribution in [0.15, 0.2) is 103 Å². The minimum atomic E-state index is -0.443. The Labute approximate surface area is 229 Å². The van der Waals surface area contributed by atoms with Crippen LogP contribution < -0.4 is 4.74 Å². The Balaban J connectivity index is 1.60. The third-order valence-electron chi connectivity index (χ3n) is 6.48. The molecule has 0 aliphatic rings. The van der Waals surface area contributed by atoms with E-state index in [4.69, 9.17) is 9.47 Å². The molecule has 3 aromatic carbocycles. The number of fused-ring (bicyclic) bond motifs is 1. The summed E-state index contributed by atoms with van der Waals surface area (Å²) < 4.78 is 13.2. The van der Waals surface area contributed by atoms with Gasteiger partial charge in [0.1, 0.15) is 18.9 Å².